The Balaban J connectivity index is 2.14. The van der Waals surface area contributed by atoms with Crippen LogP contribution in [0.1, 0.15) is 29.2 Å². The highest BCUT2D eigenvalue weighted by molar-refractivity contribution is 6.46. The zero-order valence-corrected chi connectivity index (χ0v) is 15.7. The lowest BCUT2D eigenvalue weighted by atomic mass is 9.95. The van der Waals surface area contributed by atoms with Crippen LogP contribution in [0.4, 0.5) is 5.69 Å². The second kappa shape index (κ2) is 8.24. The van der Waals surface area contributed by atoms with E-state index in [1.54, 1.807) is 24.3 Å². The molecule has 1 amide bonds. The largest absolute Gasteiger partial charge is 0.507 e. The van der Waals surface area contributed by atoms with Gasteiger partial charge in [-0.15, -0.1) is 0 Å². The summed E-state index contributed by atoms with van der Waals surface area (Å²) in [6.45, 7) is 1.82. The smallest absolute Gasteiger partial charge is 0.295 e. The van der Waals surface area contributed by atoms with Gasteiger partial charge in [-0.05, 0) is 31.0 Å². The van der Waals surface area contributed by atoms with E-state index in [1.807, 2.05) is 6.92 Å². The number of nitro groups is 1. The van der Waals surface area contributed by atoms with Crippen molar-refractivity contribution in [1.82, 2.24) is 4.90 Å². The van der Waals surface area contributed by atoms with Crippen molar-refractivity contribution in [2.75, 3.05) is 13.2 Å². The number of hydrogen-bond donors (Lipinski definition) is 2. The number of ketones is 1. The number of hydrogen-bond acceptors (Lipinski definition) is 6. The van der Waals surface area contributed by atoms with Gasteiger partial charge in [0.2, 0.25) is 0 Å². The standard InChI is InChI=1S/C21H20N2O6/c1-13-3-5-15(6-4-13)19(25)17-18(14-7-9-16(10-8-14)23(28)29)22(11-2-12-24)21(27)20(17)26/h3-10,18,24-25H,2,11-12H2,1H3/b19-17+/t18-/m0/s1. The first kappa shape index (κ1) is 20.2. The lowest BCUT2D eigenvalue weighted by molar-refractivity contribution is -0.384. The Hall–Kier alpha value is -3.52. The molecule has 0 bridgehead atoms. The average molecular weight is 396 g/mol. The highest BCUT2D eigenvalue weighted by Crippen LogP contribution is 2.39. The maximum Gasteiger partial charge on any atom is 0.295 e. The van der Waals surface area contributed by atoms with Crippen LogP contribution in [0, 0.1) is 17.0 Å². The van der Waals surface area contributed by atoms with Crippen molar-refractivity contribution < 1.29 is 24.7 Å². The van der Waals surface area contributed by atoms with Crippen LogP contribution in [0.15, 0.2) is 54.1 Å². The third-order valence-electron chi connectivity index (χ3n) is 4.84. The molecule has 1 aliphatic rings. The second-order valence-corrected chi connectivity index (χ2v) is 6.78. The number of Topliss-reactive ketones (excluding diaryl/α,β-unsaturated/α-hetero) is 1. The van der Waals surface area contributed by atoms with Gasteiger partial charge in [0.15, 0.2) is 0 Å². The number of nitro benzene ring substituents is 1. The summed E-state index contributed by atoms with van der Waals surface area (Å²) < 4.78 is 0. The molecule has 2 aromatic carbocycles. The average Bonchev–Trinajstić information content (AvgIpc) is 2.97. The molecular formula is C21H20N2O6. The van der Waals surface area contributed by atoms with Gasteiger partial charge < -0.3 is 15.1 Å². The van der Waals surface area contributed by atoms with E-state index in [-0.39, 0.29) is 36.6 Å². The van der Waals surface area contributed by atoms with Crippen LogP contribution in [0.25, 0.3) is 5.76 Å². The van der Waals surface area contributed by atoms with Crippen LogP contribution in [0.2, 0.25) is 0 Å². The number of non-ortho nitro benzene ring substituents is 1. The number of likely N-dealkylation sites (tertiary alicyclic amines) is 1. The van der Waals surface area contributed by atoms with E-state index in [0.29, 0.717) is 11.1 Å². The van der Waals surface area contributed by atoms with Crippen LogP contribution < -0.4 is 0 Å². The second-order valence-electron chi connectivity index (χ2n) is 6.78. The van der Waals surface area contributed by atoms with E-state index in [1.165, 1.54) is 29.2 Å². The van der Waals surface area contributed by atoms with Crippen molar-refractivity contribution in [3.05, 3.63) is 80.9 Å². The Bertz CT molecular complexity index is 979. The van der Waals surface area contributed by atoms with E-state index in [4.69, 9.17) is 5.11 Å². The van der Waals surface area contributed by atoms with Crippen LogP contribution in [-0.2, 0) is 9.59 Å². The summed E-state index contributed by atoms with van der Waals surface area (Å²) in [4.78, 5) is 37.0. The lowest BCUT2D eigenvalue weighted by Crippen LogP contribution is -2.31. The SMILES string of the molecule is Cc1ccc(/C(O)=C2\C(=O)C(=O)N(CCCO)[C@H]2c2ccc([N+](=O)[O-])cc2)cc1. The normalized spacial score (nSPS) is 18.3. The summed E-state index contributed by atoms with van der Waals surface area (Å²) >= 11 is 0. The maximum absolute atomic E-state index is 12.7. The summed E-state index contributed by atoms with van der Waals surface area (Å²) in [5.74, 6) is -1.92. The quantitative estimate of drug-likeness (QED) is 0.255. The molecule has 2 aromatic rings. The number of carbonyl (C=O) groups is 2. The molecule has 3 rings (SSSR count). The zero-order valence-electron chi connectivity index (χ0n) is 15.7. The van der Waals surface area contributed by atoms with Gasteiger partial charge in [-0.25, -0.2) is 0 Å². The van der Waals surface area contributed by atoms with E-state index >= 15 is 0 Å². The van der Waals surface area contributed by atoms with Crippen LogP contribution in [0.5, 0.6) is 0 Å². The highest BCUT2D eigenvalue weighted by atomic mass is 16.6. The Kier molecular flexibility index (Phi) is 5.74. The molecule has 1 saturated heterocycles. The Morgan fingerprint density at radius 3 is 2.28 bits per heavy atom. The van der Waals surface area contributed by atoms with Crippen molar-refractivity contribution >= 4 is 23.1 Å². The predicted octanol–water partition coefficient (Wildman–Crippen LogP) is 2.71. The molecule has 0 aromatic heterocycles. The third-order valence-corrected chi connectivity index (χ3v) is 4.84. The van der Waals surface area contributed by atoms with Gasteiger partial charge in [0.25, 0.3) is 17.4 Å². The number of aliphatic hydroxyl groups excluding tert-OH is 2. The minimum Gasteiger partial charge on any atom is -0.507 e. The topological polar surface area (TPSA) is 121 Å². The van der Waals surface area contributed by atoms with E-state index in [0.717, 1.165) is 5.56 Å². The zero-order chi connectivity index (χ0) is 21.1. The maximum atomic E-state index is 12.7. The molecule has 29 heavy (non-hydrogen) atoms. The fourth-order valence-corrected chi connectivity index (χ4v) is 3.34. The summed E-state index contributed by atoms with van der Waals surface area (Å²) in [6.07, 6.45) is 0.251. The third kappa shape index (κ3) is 3.88. The Labute approximate surface area is 166 Å². The van der Waals surface area contributed by atoms with Crippen molar-refractivity contribution in [2.24, 2.45) is 0 Å². The number of benzene rings is 2. The summed E-state index contributed by atoms with van der Waals surface area (Å²) in [7, 11) is 0. The van der Waals surface area contributed by atoms with Gasteiger partial charge in [-0.3, -0.25) is 19.7 Å². The van der Waals surface area contributed by atoms with Crippen molar-refractivity contribution in [3.63, 3.8) is 0 Å². The summed E-state index contributed by atoms with van der Waals surface area (Å²) in [5.41, 5.74) is 1.62. The summed E-state index contributed by atoms with van der Waals surface area (Å²) in [6, 6.07) is 11.4. The van der Waals surface area contributed by atoms with Gasteiger partial charge in [0, 0.05) is 30.8 Å². The molecule has 1 atom stereocenters. The fraction of sp³-hybridized carbons (Fsp3) is 0.238. The molecule has 2 N–H and O–H groups in total. The van der Waals surface area contributed by atoms with E-state index < -0.39 is 22.7 Å². The van der Waals surface area contributed by atoms with E-state index in [9.17, 15) is 24.8 Å². The number of aliphatic hydroxyl groups is 2. The molecule has 8 nitrogen and oxygen atoms in total. The number of nitrogens with zero attached hydrogens (tertiary/aromatic N) is 2. The molecule has 8 heteroatoms. The molecule has 0 saturated carbocycles. The fourth-order valence-electron chi connectivity index (χ4n) is 3.34. The number of rotatable bonds is 6. The number of carbonyl (C=O) groups excluding carboxylic acids is 2. The first-order valence-corrected chi connectivity index (χ1v) is 9.05. The monoisotopic (exact) mass is 396 g/mol. The van der Waals surface area contributed by atoms with Gasteiger partial charge >= 0.3 is 0 Å². The molecule has 1 fully saturated rings. The van der Waals surface area contributed by atoms with Gasteiger partial charge in [0.05, 0.1) is 16.5 Å². The van der Waals surface area contributed by atoms with Crippen molar-refractivity contribution in [3.8, 4) is 0 Å². The van der Waals surface area contributed by atoms with Gasteiger partial charge in [-0.2, -0.15) is 0 Å². The Morgan fingerprint density at radius 2 is 1.72 bits per heavy atom. The van der Waals surface area contributed by atoms with Crippen molar-refractivity contribution in [1.29, 1.82) is 0 Å². The molecule has 0 radical (unpaired) electrons. The molecular weight excluding hydrogens is 376 g/mol. The Morgan fingerprint density at radius 1 is 1.10 bits per heavy atom. The summed E-state index contributed by atoms with van der Waals surface area (Å²) in [5, 5.41) is 30.9. The molecule has 0 spiro atoms. The molecule has 1 aliphatic heterocycles. The van der Waals surface area contributed by atoms with Crippen LogP contribution in [0.3, 0.4) is 0 Å². The number of amides is 1. The van der Waals surface area contributed by atoms with Gasteiger partial charge in [0.1, 0.15) is 5.76 Å². The minimum atomic E-state index is -0.899. The molecule has 0 aliphatic carbocycles. The number of aryl methyl sites for hydroxylation is 1. The molecule has 1 heterocycles. The molecule has 0 unspecified atom stereocenters. The molecule has 150 valence electrons. The first-order chi connectivity index (χ1) is 13.8. The van der Waals surface area contributed by atoms with Crippen molar-refractivity contribution in [2.45, 2.75) is 19.4 Å². The lowest BCUT2D eigenvalue weighted by Gasteiger charge is -2.25. The van der Waals surface area contributed by atoms with Crippen LogP contribution in [-0.4, -0.2) is 44.9 Å². The predicted molar refractivity (Wildman–Crippen MR) is 105 cm³/mol. The highest BCUT2D eigenvalue weighted by Gasteiger charge is 2.45. The van der Waals surface area contributed by atoms with Gasteiger partial charge in [-0.1, -0.05) is 29.8 Å². The van der Waals surface area contributed by atoms with Crippen LogP contribution >= 0.6 is 0 Å². The minimum absolute atomic E-state index is 0.0781. The first-order valence-electron chi connectivity index (χ1n) is 9.05. The van der Waals surface area contributed by atoms with E-state index in [2.05, 4.69) is 0 Å².